The van der Waals surface area contributed by atoms with Gasteiger partial charge in [-0.05, 0) is 48.0 Å². The number of carbonyl (C=O) groups is 4. The predicted octanol–water partition coefficient (Wildman–Crippen LogP) is 1.03. The average molecular weight is 385 g/mol. The van der Waals surface area contributed by atoms with Gasteiger partial charge in [-0.15, -0.1) is 6.58 Å². The van der Waals surface area contributed by atoms with Crippen LogP contribution in [-0.2, 0) is 23.9 Å². The number of methoxy groups -OCH3 is 1. The molecule has 3 atom stereocenters. The van der Waals surface area contributed by atoms with Crippen molar-refractivity contribution in [1.82, 2.24) is 16.0 Å². The number of hydrogen-bond donors (Lipinski definition) is 3. The summed E-state index contributed by atoms with van der Waals surface area (Å²) in [6.07, 6.45) is 0.825. The van der Waals surface area contributed by atoms with Gasteiger partial charge in [-0.1, -0.05) is 6.08 Å². The lowest BCUT2D eigenvalue weighted by atomic mass is 9.95. The molecule has 0 aromatic heterocycles. The van der Waals surface area contributed by atoms with Crippen molar-refractivity contribution in [2.75, 3.05) is 7.11 Å². The van der Waals surface area contributed by atoms with E-state index in [0.717, 1.165) is 0 Å². The van der Waals surface area contributed by atoms with Crippen molar-refractivity contribution in [3.05, 3.63) is 12.7 Å². The first kappa shape index (κ1) is 24.4. The number of rotatable bonds is 8. The summed E-state index contributed by atoms with van der Waals surface area (Å²) in [6.45, 7) is 13.1. The molecule has 0 heterocycles. The van der Waals surface area contributed by atoms with Gasteiger partial charge < -0.3 is 25.4 Å². The first-order valence-corrected chi connectivity index (χ1v) is 8.57. The molecule has 9 heteroatoms. The largest absolute Gasteiger partial charge is 0.467 e. The summed E-state index contributed by atoms with van der Waals surface area (Å²) in [7, 11) is 1.21. The fraction of sp³-hybridized carbons (Fsp3) is 0.667. The molecule has 3 amide bonds. The second-order valence-electron chi connectivity index (χ2n) is 7.40. The minimum Gasteiger partial charge on any atom is -0.467 e. The molecule has 0 fully saturated rings. The lowest BCUT2D eigenvalue weighted by molar-refractivity contribution is -0.145. The van der Waals surface area contributed by atoms with Gasteiger partial charge in [-0.25, -0.2) is 9.59 Å². The topological polar surface area (TPSA) is 123 Å². The van der Waals surface area contributed by atoms with Gasteiger partial charge in [0.05, 0.1) is 7.11 Å². The predicted molar refractivity (Wildman–Crippen MR) is 99.8 cm³/mol. The van der Waals surface area contributed by atoms with Crippen LogP contribution in [0.2, 0.25) is 0 Å². The third-order valence-electron chi connectivity index (χ3n) is 3.48. The Balaban J connectivity index is 5.07. The number of hydrogen-bond acceptors (Lipinski definition) is 6. The van der Waals surface area contributed by atoms with Gasteiger partial charge in [-0.3, -0.25) is 9.59 Å². The third-order valence-corrected chi connectivity index (χ3v) is 3.48. The molecule has 3 N–H and O–H groups in total. The van der Waals surface area contributed by atoms with Gasteiger partial charge >= 0.3 is 12.1 Å². The molecular weight excluding hydrogens is 354 g/mol. The molecule has 154 valence electrons. The normalized spacial score (nSPS) is 15.4. The van der Waals surface area contributed by atoms with E-state index in [9.17, 15) is 19.2 Å². The molecule has 0 aromatic carbocycles. The van der Waals surface area contributed by atoms with E-state index >= 15 is 0 Å². The molecule has 0 aromatic rings. The second kappa shape index (κ2) is 9.94. The van der Waals surface area contributed by atoms with Crippen LogP contribution in [0.4, 0.5) is 4.79 Å². The van der Waals surface area contributed by atoms with Gasteiger partial charge in [0.2, 0.25) is 11.8 Å². The molecular formula is C18H31N3O6. The van der Waals surface area contributed by atoms with Gasteiger partial charge in [0, 0.05) is 0 Å². The van der Waals surface area contributed by atoms with Crippen LogP contribution in [0.25, 0.3) is 0 Å². The van der Waals surface area contributed by atoms with Crippen molar-refractivity contribution in [3.63, 3.8) is 0 Å². The van der Waals surface area contributed by atoms with E-state index in [1.54, 1.807) is 20.8 Å². The quantitative estimate of drug-likeness (QED) is 0.424. The highest BCUT2D eigenvalue weighted by atomic mass is 16.6. The molecule has 0 saturated heterocycles. The van der Waals surface area contributed by atoms with Crippen LogP contribution in [0.5, 0.6) is 0 Å². The lowest BCUT2D eigenvalue weighted by Crippen LogP contribution is -2.61. The second-order valence-corrected chi connectivity index (χ2v) is 7.40. The van der Waals surface area contributed by atoms with E-state index in [1.807, 2.05) is 0 Å². The van der Waals surface area contributed by atoms with Crippen molar-refractivity contribution in [3.8, 4) is 0 Å². The lowest BCUT2D eigenvalue weighted by Gasteiger charge is -2.31. The minimum atomic E-state index is -1.37. The van der Waals surface area contributed by atoms with Crippen molar-refractivity contribution in [1.29, 1.82) is 0 Å². The summed E-state index contributed by atoms with van der Waals surface area (Å²) in [5.41, 5.74) is -2.08. The first-order valence-electron chi connectivity index (χ1n) is 8.57. The molecule has 0 aliphatic rings. The Kier molecular flexibility index (Phi) is 8.99. The van der Waals surface area contributed by atoms with Gasteiger partial charge in [0.1, 0.15) is 23.2 Å². The van der Waals surface area contributed by atoms with Crippen molar-refractivity contribution < 1.29 is 28.7 Å². The monoisotopic (exact) mass is 385 g/mol. The first-order chi connectivity index (χ1) is 12.3. The van der Waals surface area contributed by atoms with E-state index in [0.29, 0.717) is 0 Å². The molecule has 9 nitrogen and oxygen atoms in total. The van der Waals surface area contributed by atoms with Crippen LogP contribution in [0.15, 0.2) is 12.7 Å². The maximum Gasteiger partial charge on any atom is 0.408 e. The highest BCUT2D eigenvalue weighted by molar-refractivity contribution is 5.95. The molecule has 27 heavy (non-hydrogen) atoms. The summed E-state index contributed by atoms with van der Waals surface area (Å²) in [4.78, 5) is 48.3. The Labute approximate surface area is 160 Å². The summed E-state index contributed by atoms with van der Waals surface area (Å²) in [5, 5.41) is 7.47. The average Bonchev–Trinajstić information content (AvgIpc) is 2.51. The van der Waals surface area contributed by atoms with Gasteiger partial charge in [0.15, 0.2) is 0 Å². The molecule has 0 saturated carbocycles. The Hall–Kier alpha value is -2.58. The molecule has 0 aliphatic heterocycles. The number of ether oxygens (including phenoxy) is 2. The number of alkyl carbamates (subject to hydrolysis) is 1. The summed E-state index contributed by atoms with van der Waals surface area (Å²) in [6, 6.07) is -1.84. The van der Waals surface area contributed by atoms with Gasteiger partial charge in [-0.2, -0.15) is 0 Å². The highest BCUT2D eigenvalue weighted by Crippen LogP contribution is 2.12. The standard InChI is InChI=1S/C18H31N3O6/c1-9-10-18(7,15(24)19-12(3)14(23)26-8)21-13(22)11(2)20-16(25)27-17(4,5)6/h9,11-12H,1,10H2,2-8H3,(H,19,24)(H,20,25)(H,21,22)/t11-,12-,18+/m0/s1. The molecule has 0 spiro atoms. The number of nitrogens with one attached hydrogen (secondary N) is 3. The maximum absolute atomic E-state index is 12.6. The molecule has 0 bridgehead atoms. The Morgan fingerprint density at radius 1 is 1.04 bits per heavy atom. The SMILES string of the molecule is C=CC[C@@](C)(NC(=O)[C@H](C)NC(=O)OC(C)(C)C)C(=O)N[C@@H](C)C(=O)OC. The minimum absolute atomic E-state index is 0.109. The fourth-order valence-corrected chi connectivity index (χ4v) is 2.01. The highest BCUT2D eigenvalue weighted by Gasteiger charge is 2.36. The van der Waals surface area contributed by atoms with E-state index in [-0.39, 0.29) is 6.42 Å². The zero-order valence-corrected chi connectivity index (χ0v) is 17.1. The van der Waals surface area contributed by atoms with Crippen molar-refractivity contribution >= 4 is 23.9 Å². The van der Waals surface area contributed by atoms with Crippen molar-refractivity contribution in [2.45, 2.75) is 71.2 Å². The maximum atomic E-state index is 12.6. The molecule has 0 rings (SSSR count). The van der Waals surface area contributed by atoms with E-state index in [1.165, 1.54) is 34.0 Å². The number of carbonyl (C=O) groups excluding carboxylic acids is 4. The van der Waals surface area contributed by atoms with Crippen molar-refractivity contribution in [2.24, 2.45) is 0 Å². The van der Waals surface area contributed by atoms with Crippen LogP contribution in [0.1, 0.15) is 48.0 Å². The zero-order chi connectivity index (χ0) is 21.4. The van der Waals surface area contributed by atoms with Crippen LogP contribution in [0, 0.1) is 0 Å². The number of amides is 3. The van der Waals surface area contributed by atoms with E-state index < -0.39 is 47.1 Å². The Morgan fingerprint density at radius 2 is 1.59 bits per heavy atom. The van der Waals surface area contributed by atoms with Crippen LogP contribution in [-0.4, -0.2) is 54.2 Å². The van der Waals surface area contributed by atoms with Crippen LogP contribution < -0.4 is 16.0 Å². The molecule has 0 aliphatic carbocycles. The summed E-state index contributed by atoms with van der Waals surface area (Å²) < 4.78 is 9.66. The van der Waals surface area contributed by atoms with Crippen LogP contribution >= 0.6 is 0 Å². The fourth-order valence-electron chi connectivity index (χ4n) is 2.01. The number of esters is 1. The van der Waals surface area contributed by atoms with Gasteiger partial charge in [0.25, 0.3) is 0 Å². The smallest absolute Gasteiger partial charge is 0.408 e. The van der Waals surface area contributed by atoms with E-state index in [4.69, 9.17) is 4.74 Å². The molecule has 0 unspecified atom stereocenters. The summed E-state index contributed by atoms with van der Waals surface area (Å²) in [5.74, 6) is -1.79. The molecule has 0 radical (unpaired) electrons. The summed E-state index contributed by atoms with van der Waals surface area (Å²) >= 11 is 0. The third kappa shape index (κ3) is 8.57. The zero-order valence-electron chi connectivity index (χ0n) is 17.1. The Bertz CT molecular complexity index is 584. The Morgan fingerprint density at radius 3 is 2.04 bits per heavy atom. The van der Waals surface area contributed by atoms with Crippen LogP contribution in [0.3, 0.4) is 0 Å². The van der Waals surface area contributed by atoms with E-state index in [2.05, 4.69) is 27.3 Å².